The molecule has 1 aromatic rings. The number of carbonyl (C=O) groups excluding carboxylic acids is 2. The summed E-state index contributed by atoms with van der Waals surface area (Å²) < 4.78 is 5.15. The summed E-state index contributed by atoms with van der Waals surface area (Å²) in [6.45, 7) is 5.91. The zero-order chi connectivity index (χ0) is 17.2. The normalized spacial score (nSPS) is 11.4. The molecule has 0 heterocycles. The van der Waals surface area contributed by atoms with E-state index in [2.05, 4.69) is 10.6 Å². The third kappa shape index (κ3) is 7.32. The number of hydrogen-bond acceptors (Lipinski definition) is 4. The molecule has 0 saturated carbocycles. The summed E-state index contributed by atoms with van der Waals surface area (Å²) in [7, 11) is 0. The maximum absolute atomic E-state index is 12.0. The minimum Gasteiger partial charge on any atom is -0.445 e. The van der Waals surface area contributed by atoms with E-state index in [1.54, 1.807) is 0 Å². The summed E-state index contributed by atoms with van der Waals surface area (Å²) in [5, 5.41) is 13.5. The van der Waals surface area contributed by atoms with Gasteiger partial charge in [-0.1, -0.05) is 43.7 Å². The Balaban J connectivity index is 2.55. The van der Waals surface area contributed by atoms with Crippen LogP contribution in [0.25, 0.3) is 0 Å². The van der Waals surface area contributed by atoms with Gasteiger partial charge in [0, 0.05) is 0 Å². The molecular formula is C17H23N3O3. The first-order valence-corrected chi connectivity index (χ1v) is 7.56. The van der Waals surface area contributed by atoms with Crippen LogP contribution in [0.4, 0.5) is 4.79 Å². The number of alkyl carbamates (subject to hydrolysis) is 1. The standard InChI is InChI=1S/C17H23N3O3/c1-12(2)9-15(16(21)19-8-7-18)20-17(22)23-11-14-6-4-5-13(3)10-14/h4-6,10,12,15H,8-9,11H2,1-3H3,(H,19,21)(H,20,22)/t15-/m0/s1. The SMILES string of the molecule is Cc1cccc(COC(=O)N[C@@H](CC(C)C)C(=O)NCC#N)c1. The van der Waals surface area contributed by atoms with Gasteiger partial charge in [0.05, 0.1) is 6.07 Å². The molecule has 0 unspecified atom stereocenters. The van der Waals surface area contributed by atoms with Gasteiger partial charge >= 0.3 is 6.09 Å². The number of amides is 2. The van der Waals surface area contributed by atoms with E-state index in [4.69, 9.17) is 10.00 Å². The quantitative estimate of drug-likeness (QED) is 0.755. The van der Waals surface area contributed by atoms with E-state index in [9.17, 15) is 9.59 Å². The zero-order valence-electron chi connectivity index (χ0n) is 13.8. The largest absolute Gasteiger partial charge is 0.445 e. The topological polar surface area (TPSA) is 91.2 Å². The van der Waals surface area contributed by atoms with E-state index in [1.807, 2.05) is 51.1 Å². The molecule has 0 radical (unpaired) electrons. The predicted octanol–water partition coefficient (Wildman–Crippen LogP) is 2.28. The van der Waals surface area contributed by atoms with E-state index in [0.717, 1.165) is 11.1 Å². The molecule has 1 aromatic carbocycles. The molecule has 1 rings (SSSR count). The number of hydrogen-bond donors (Lipinski definition) is 2. The van der Waals surface area contributed by atoms with Crippen LogP contribution in [0.3, 0.4) is 0 Å². The first-order valence-electron chi connectivity index (χ1n) is 7.56. The molecule has 0 bridgehead atoms. The van der Waals surface area contributed by atoms with Crippen molar-refractivity contribution in [2.45, 2.75) is 39.8 Å². The van der Waals surface area contributed by atoms with Crippen molar-refractivity contribution < 1.29 is 14.3 Å². The van der Waals surface area contributed by atoms with Gasteiger partial charge in [-0.2, -0.15) is 5.26 Å². The van der Waals surface area contributed by atoms with Crippen molar-refractivity contribution in [2.24, 2.45) is 5.92 Å². The van der Waals surface area contributed by atoms with Crippen molar-refractivity contribution in [3.8, 4) is 6.07 Å². The highest BCUT2D eigenvalue weighted by Gasteiger charge is 2.22. The highest BCUT2D eigenvalue weighted by atomic mass is 16.5. The van der Waals surface area contributed by atoms with Crippen LogP contribution in [0.15, 0.2) is 24.3 Å². The molecule has 0 fully saturated rings. The molecule has 1 atom stereocenters. The molecule has 2 amide bonds. The number of benzene rings is 1. The lowest BCUT2D eigenvalue weighted by Crippen LogP contribution is -2.47. The van der Waals surface area contributed by atoms with Crippen molar-refractivity contribution in [3.63, 3.8) is 0 Å². The number of nitriles is 1. The summed E-state index contributed by atoms with van der Waals surface area (Å²) in [5.74, 6) is -0.169. The molecular weight excluding hydrogens is 294 g/mol. The molecule has 124 valence electrons. The Morgan fingerprint density at radius 1 is 1.35 bits per heavy atom. The van der Waals surface area contributed by atoms with E-state index in [-0.39, 0.29) is 25.0 Å². The van der Waals surface area contributed by atoms with Gasteiger partial charge in [-0.15, -0.1) is 0 Å². The molecule has 6 nitrogen and oxygen atoms in total. The van der Waals surface area contributed by atoms with Crippen molar-refractivity contribution >= 4 is 12.0 Å². The number of rotatable bonds is 7. The highest BCUT2D eigenvalue weighted by molar-refractivity contribution is 5.85. The second kappa shape index (κ2) is 9.46. The Kier molecular flexibility index (Phi) is 7.61. The smallest absolute Gasteiger partial charge is 0.408 e. The lowest BCUT2D eigenvalue weighted by molar-refractivity contribution is -0.123. The first kappa shape index (κ1) is 18.5. The fraction of sp³-hybridized carbons (Fsp3) is 0.471. The molecule has 0 aliphatic rings. The molecule has 0 saturated heterocycles. The van der Waals surface area contributed by atoms with Crippen molar-refractivity contribution in [1.29, 1.82) is 5.26 Å². The summed E-state index contributed by atoms with van der Waals surface area (Å²) in [5.41, 5.74) is 1.97. The van der Waals surface area contributed by atoms with Crippen LogP contribution in [0.5, 0.6) is 0 Å². The third-order valence-corrected chi connectivity index (χ3v) is 3.11. The van der Waals surface area contributed by atoms with Crippen LogP contribution < -0.4 is 10.6 Å². The van der Waals surface area contributed by atoms with Gasteiger partial charge in [-0.3, -0.25) is 4.79 Å². The van der Waals surface area contributed by atoms with E-state index < -0.39 is 12.1 Å². The van der Waals surface area contributed by atoms with Gasteiger partial charge < -0.3 is 15.4 Å². The van der Waals surface area contributed by atoms with Crippen molar-refractivity contribution in [3.05, 3.63) is 35.4 Å². The molecule has 0 aliphatic heterocycles. The second-order valence-corrected chi connectivity index (χ2v) is 5.77. The second-order valence-electron chi connectivity index (χ2n) is 5.77. The van der Waals surface area contributed by atoms with Gasteiger partial charge in [0.15, 0.2) is 0 Å². The van der Waals surface area contributed by atoms with E-state index in [0.29, 0.717) is 6.42 Å². The van der Waals surface area contributed by atoms with Crippen LogP contribution in [-0.2, 0) is 16.1 Å². The number of ether oxygens (including phenoxy) is 1. The van der Waals surface area contributed by atoms with E-state index in [1.165, 1.54) is 0 Å². The molecule has 6 heteroatoms. The van der Waals surface area contributed by atoms with Crippen molar-refractivity contribution in [1.82, 2.24) is 10.6 Å². The number of nitrogens with one attached hydrogen (secondary N) is 2. The summed E-state index contributed by atoms with van der Waals surface area (Å²) in [6.07, 6.45) is -0.180. The summed E-state index contributed by atoms with van der Waals surface area (Å²) >= 11 is 0. The first-order chi connectivity index (χ1) is 10.9. The van der Waals surface area contributed by atoms with Crippen LogP contribution in [0, 0.1) is 24.2 Å². The summed E-state index contributed by atoms with van der Waals surface area (Å²) in [4.78, 5) is 23.9. The lowest BCUT2D eigenvalue weighted by Gasteiger charge is -2.19. The minimum atomic E-state index is -0.714. The Morgan fingerprint density at radius 3 is 2.70 bits per heavy atom. The number of aryl methyl sites for hydroxylation is 1. The molecule has 0 aromatic heterocycles. The van der Waals surface area contributed by atoms with Gasteiger partial charge in [0.2, 0.25) is 5.91 Å². The van der Waals surface area contributed by atoms with E-state index >= 15 is 0 Å². The zero-order valence-corrected chi connectivity index (χ0v) is 13.8. The van der Waals surface area contributed by atoms with Gasteiger partial charge in [0.1, 0.15) is 19.2 Å². The Morgan fingerprint density at radius 2 is 2.09 bits per heavy atom. The monoisotopic (exact) mass is 317 g/mol. The molecule has 23 heavy (non-hydrogen) atoms. The molecule has 0 aliphatic carbocycles. The van der Waals surface area contributed by atoms with Crippen molar-refractivity contribution in [2.75, 3.05) is 6.54 Å². The van der Waals surface area contributed by atoms with Crippen LogP contribution in [-0.4, -0.2) is 24.6 Å². The van der Waals surface area contributed by atoms with Gasteiger partial charge in [-0.05, 0) is 24.8 Å². The fourth-order valence-electron chi connectivity index (χ4n) is 2.09. The average Bonchev–Trinajstić information content (AvgIpc) is 2.49. The average molecular weight is 317 g/mol. The highest BCUT2D eigenvalue weighted by Crippen LogP contribution is 2.07. The Labute approximate surface area is 136 Å². The molecule has 0 spiro atoms. The number of nitrogens with zero attached hydrogens (tertiary/aromatic N) is 1. The predicted molar refractivity (Wildman–Crippen MR) is 86.4 cm³/mol. The molecule has 2 N–H and O–H groups in total. The van der Waals surface area contributed by atoms with Gasteiger partial charge in [0.25, 0.3) is 0 Å². The fourth-order valence-corrected chi connectivity index (χ4v) is 2.09. The van der Waals surface area contributed by atoms with Crippen LogP contribution >= 0.6 is 0 Å². The Bertz CT molecular complexity index is 579. The summed E-state index contributed by atoms with van der Waals surface area (Å²) in [6, 6.07) is 8.77. The minimum absolute atomic E-state index is 0.0898. The lowest BCUT2D eigenvalue weighted by atomic mass is 10.0. The van der Waals surface area contributed by atoms with Gasteiger partial charge in [-0.25, -0.2) is 4.79 Å². The Hall–Kier alpha value is -2.55. The maximum atomic E-state index is 12.0. The van der Waals surface area contributed by atoms with Crippen LogP contribution in [0.1, 0.15) is 31.4 Å². The van der Waals surface area contributed by atoms with Crippen LogP contribution in [0.2, 0.25) is 0 Å². The number of carbonyl (C=O) groups is 2. The third-order valence-electron chi connectivity index (χ3n) is 3.11. The maximum Gasteiger partial charge on any atom is 0.408 e.